The van der Waals surface area contributed by atoms with E-state index in [1.54, 1.807) is 16.4 Å². The fraction of sp³-hybridized carbons (Fsp3) is 0.500. The quantitative estimate of drug-likeness (QED) is 0.556. The zero-order valence-corrected chi connectivity index (χ0v) is 15.3. The fourth-order valence-electron chi connectivity index (χ4n) is 1.79. The van der Waals surface area contributed by atoms with Gasteiger partial charge >= 0.3 is 0 Å². The van der Waals surface area contributed by atoms with E-state index in [0.717, 1.165) is 34.2 Å². The minimum atomic E-state index is 0.174. The summed E-state index contributed by atoms with van der Waals surface area (Å²) in [6.07, 6.45) is 0.174. The molecule has 120 valence electrons. The molecule has 1 aromatic heterocycles. The minimum Gasteiger partial charge on any atom is -0.490 e. The zero-order valence-electron chi connectivity index (χ0n) is 12.9. The van der Waals surface area contributed by atoms with Crippen LogP contribution in [0.15, 0.2) is 27.8 Å². The lowest BCUT2D eigenvalue weighted by molar-refractivity contribution is 0.241. The van der Waals surface area contributed by atoms with E-state index in [0.29, 0.717) is 0 Å². The van der Waals surface area contributed by atoms with E-state index in [1.165, 1.54) is 5.56 Å². The number of tetrazole rings is 1. The molecule has 0 unspecified atom stereocenters. The molecule has 0 bridgehead atoms. The summed E-state index contributed by atoms with van der Waals surface area (Å²) >= 11 is 5.19. The second-order valence-corrected chi connectivity index (χ2v) is 6.96. The molecule has 6 nitrogen and oxygen atoms in total. The number of rotatable bonds is 8. The molecule has 0 saturated heterocycles. The highest BCUT2D eigenvalue weighted by Gasteiger charge is 2.05. The van der Waals surface area contributed by atoms with Crippen molar-refractivity contribution in [2.24, 2.45) is 7.05 Å². The van der Waals surface area contributed by atoms with Crippen LogP contribution in [0.25, 0.3) is 0 Å². The van der Waals surface area contributed by atoms with Crippen molar-refractivity contribution in [1.29, 1.82) is 0 Å². The van der Waals surface area contributed by atoms with Crippen LogP contribution in [0.1, 0.15) is 19.4 Å². The Morgan fingerprint density at radius 2 is 2.23 bits per heavy atom. The van der Waals surface area contributed by atoms with Crippen molar-refractivity contribution >= 4 is 27.7 Å². The molecule has 0 radical (unpaired) electrons. The van der Waals surface area contributed by atoms with Gasteiger partial charge in [-0.2, -0.15) is 0 Å². The highest BCUT2D eigenvalue weighted by atomic mass is 79.9. The van der Waals surface area contributed by atoms with Gasteiger partial charge in [-0.1, -0.05) is 17.8 Å². The monoisotopic (exact) mass is 385 g/mol. The van der Waals surface area contributed by atoms with Crippen molar-refractivity contribution in [2.75, 3.05) is 12.3 Å². The number of hydrogen-bond donors (Lipinski definition) is 1. The molecular formula is C14H20BrN5OS. The van der Waals surface area contributed by atoms with E-state index in [9.17, 15) is 0 Å². The van der Waals surface area contributed by atoms with Crippen LogP contribution < -0.4 is 10.1 Å². The van der Waals surface area contributed by atoms with Crippen molar-refractivity contribution in [3.63, 3.8) is 0 Å². The van der Waals surface area contributed by atoms with E-state index in [1.807, 2.05) is 27.0 Å². The number of aromatic nitrogens is 4. The molecule has 8 heteroatoms. The summed E-state index contributed by atoms with van der Waals surface area (Å²) < 4.78 is 8.37. The Balaban J connectivity index is 1.73. The maximum absolute atomic E-state index is 5.70. The molecule has 0 amide bonds. The van der Waals surface area contributed by atoms with E-state index in [-0.39, 0.29) is 6.10 Å². The number of ether oxygens (including phenoxy) is 1. The van der Waals surface area contributed by atoms with Gasteiger partial charge in [0, 0.05) is 25.9 Å². The first-order chi connectivity index (χ1) is 10.6. The smallest absolute Gasteiger partial charge is 0.209 e. The maximum Gasteiger partial charge on any atom is 0.209 e. The van der Waals surface area contributed by atoms with Crippen LogP contribution in [0.2, 0.25) is 0 Å². The number of thioether (sulfide) groups is 1. The number of hydrogen-bond acceptors (Lipinski definition) is 6. The molecular weight excluding hydrogens is 366 g/mol. The third-order valence-corrected chi connectivity index (χ3v) is 4.41. The molecule has 0 aliphatic rings. The van der Waals surface area contributed by atoms with Crippen LogP contribution in [-0.2, 0) is 13.6 Å². The van der Waals surface area contributed by atoms with Gasteiger partial charge in [-0.05, 0) is 57.9 Å². The lowest BCUT2D eigenvalue weighted by Crippen LogP contribution is -2.17. The van der Waals surface area contributed by atoms with E-state index >= 15 is 0 Å². The summed E-state index contributed by atoms with van der Waals surface area (Å²) in [4.78, 5) is 0. The van der Waals surface area contributed by atoms with Crippen molar-refractivity contribution < 1.29 is 4.74 Å². The number of halogens is 1. The molecule has 2 rings (SSSR count). The Morgan fingerprint density at radius 1 is 1.41 bits per heavy atom. The average molecular weight is 386 g/mol. The fourth-order valence-corrected chi connectivity index (χ4v) is 3.06. The molecule has 1 aromatic carbocycles. The van der Waals surface area contributed by atoms with Crippen LogP contribution in [-0.4, -0.2) is 38.6 Å². The molecule has 22 heavy (non-hydrogen) atoms. The average Bonchev–Trinajstić information content (AvgIpc) is 2.86. The zero-order chi connectivity index (χ0) is 15.9. The summed E-state index contributed by atoms with van der Waals surface area (Å²) in [5.41, 5.74) is 1.22. The summed E-state index contributed by atoms with van der Waals surface area (Å²) in [5.74, 6) is 1.80. The second-order valence-electron chi connectivity index (χ2n) is 5.04. The summed E-state index contributed by atoms with van der Waals surface area (Å²) in [6.45, 7) is 5.75. The maximum atomic E-state index is 5.70. The van der Waals surface area contributed by atoms with Gasteiger partial charge < -0.3 is 10.1 Å². The predicted octanol–water partition coefficient (Wildman–Crippen LogP) is 2.64. The van der Waals surface area contributed by atoms with Gasteiger partial charge in [0.1, 0.15) is 5.75 Å². The van der Waals surface area contributed by atoms with Crippen LogP contribution in [0.3, 0.4) is 0 Å². The van der Waals surface area contributed by atoms with E-state index in [4.69, 9.17) is 4.74 Å². The summed E-state index contributed by atoms with van der Waals surface area (Å²) in [7, 11) is 1.84. The molecule has 2 aromatic rings. The summed E-state index contributed by atoms with van der Waals surface area (Å²) in [6, 6.07) is 6.17. The van der Waals surface area contributed by atoms with Crippen LogP contribution in [0.4, 0.5) is 0 Å². The molecule has 0 spiro atoms. The first-order valence-electron chi connectivity index (χ1n) is 7.07. The van der Waals surface area contributed by atoms with Crippen molar-refractivity contribution in [3.05, 3.63) is 28.2 Å². The normalized spacial score (nSPS) is 11.1. The Kier molecular flexibility index (Phi) is 6.66. The first-order valence-corrected chi connectivity index (χ1v) is 8.85. The number of benzene rings is 1. The van der Waals surface area contributed by atoms with Gasteiger partial charge in [0.2, 0.25) is 5.16 Å². The van der Waals surface area contributed by atoms with Crippen molar-refractivity contribution in [1.82, 2.24) is 25.5 Å². The third-order valence-electron chi connectivity index (χ3n) is 2.78. The number of aryl methyl sites for hydroxylation is 1. The van der Waals surface area contributed by atoms with Crippen molar-refractivity contribution in [3.8, 4) is 5.75 Å². The molecule has 0 aliphatic carbocycles. The third kappa shape index (κ3) is 5.26. The van der Waals surface area contributed by atoms with Crippen LogP contribution in [0.5, 0.6) is 5.75 Å². The molecule has 0 atom stereocenters. The lowest BCUT2D eigenvalue weighted by atomic mass is 10.2. The first kappa shape index (κ1) is 17.2. The summed E-state index contributed by atoms with van der Waals surface area (Å²) in [5, 5.41) is 15.6. The topological polar surface area (TPSA) is 64.9 Å². The van der Waals surface area contributed by atoms with E-state index < -0.39 is 0 Å². The van der Waals surface area contributed by atoms with Crippen LogP contribution in [0, 0.1) is 0 Å². The standard InChI is InChI=1S/C14H20BrN5OS/c1-10(2)21-13-5-4-11(8-12(13)15)9-16-6-7-22-14-17-18-19-20(14)3/h4-5,8,10,16H,6-7,9H2,1-3H3. The van der Waals surface area contributed by atoms with Gasteiger partial charge in [0.25, 0.3) is 0 Å². The predicted molar refractivity (Wildman–Crippen MR) is 91.1 cm³/mol. The highest BCUT2D eigenvalue weighted by Crippen LogP contribution is 2.26. The van der Waals surface area contributed by atoms with Crippen molar-refractivity contribution in [2.45, 2.75) is 31.7 Å². The Labute approximate surface area is 143 Å². The molecule has 0 fully saturated rings. The number of nitrogens with one attached hydrogen (secondary N) is 1. The Morgan fingerprint density at radius 3 is 2.86 bits per heavy atom. The van der Waals surface area contributed by atoms with Gasteiger partial charge in [-0.15, -0.1) is 5.10 Å². The van der Waals surface area contributed by atoms with Gasteiger partial charge in [0.15, 0.2) is 0 Å². The van der Waals surface area contributed by atoms with Gasteiger partial charge in [0.05, 0.1) is 10.6 Å². The van der Waals surface area contributed by atoms with E-state index in [2.05, 4.69) is 48.9 Å². The Hall–Kier alpha value is -1.12. The highest BCUT2D eigenvalue weighted by molar-refractivity contribution is 9.10. The largest absolute Gasteiger partial charge is 0.490 e. The van der Waals surface area contributed by atoms with Crippen LogP contribution >= 0.6 is 27.7 Å². The Bertz CT molecular complexity index is 605. The SMILES string of the molecule is CC(C)Oc1ccc(CNCCSc2nnnn2C)cc1Br. The van der Waals surface area contributed by atoms with Gasteiger partial charge in [-0.25, -0.2) is 4.68 Å². The second kappa shape index (κ2) is 8.50. The number of nitrogens with zero attached hydrogens (tertiary/aromatic N) is 4. The molecule has 1 heterocycles. The van der Waals surface area contributed by atoms with Gasteiger partial charge in [-0.3, -0.25) is 0 Å². The molecule has 0 saturated carbocycles. The minimum absolute atomic E-state index is 0.174. The molecule has 0 aliphatic heterocycles. The molecule has 1 N–H and O–H groups in total. The lowest BCUT2D eigenvalue weighted by Gasteiger charge is -2.12.